The van der Waals surface area contributed by atoms with Gasteiger partial charge in [-0.05, 0) is 60.9 Å². The van der Waals surface area contributed by atoms with Crippen molar-refractivity contribution in [3.63, 3.8) is 0 Å². The van der Waals surface area contributed by atoms with E-state index in [1.54, 1.807) is 45.0 Å². The maximum Gasteiger partial charge on any atom is 0.262 e. The summed E-state index contributed by atoms with van der Waals surface area (Å²) >= 11 is 5.98. The highest BCUT2D eigenvalue weighted by Crippen LogP contribution is 2.31. The maximum absolute atomic E-state index is 12.8. The largest absolute Gasteiger partial charge is 0.545 e. The van der Waals surface area contributed by atoms with Crippen LogP contribution < -0.4 is 14.7 Å². The van der Waals surface area contributed by atoms with Gasteiger partial charge in [0.05, 0.1) is 22.2 Å². The van der Waals surface area contributed by atoms with E-state index in [4.69, 9.17) is 11.6 Å². The third-order valence-corrected chi connectivity index (χ3v) is 5.56. The summed E-state index contributed by atoms with van der Waals surface area (Å²) < 4.78 is 28.2. The fourth-order valence-electron chi connectivity index (χ4n) is 2.40. The molecule has 2 aromatic carbocycles. The van der Waals surface area contributed by atoms with Gasteiger partial charge in [-0.3, -0.25) is 4.72 Å². The number of halogens is 1. The summed E-state index contributed by atoms with van der Waals surface area (Å²) in [6.45, 7) is 3.26. The number of sulfonamides is 1. The molecule has 0 amide bonds. The second-order valence-corrected chi connectivity index (χ2v) is 7.95. The Kier molecular flexibility index (Phi) is 5.29. The predicted octanol–water partition coefficient (Wildman–Crippen LogP) is 2.19. The maximum atomic E-state index is 12.8. The van der Waals surface area contributed by atoms with Crippen LogP contribution in [0, 0.1) is 13.8 Å². The van der Waals surface area contributed by atoms with E-state index < -0.39 is 16.0 Å². The topological polar surface area (TPSA) is 89.5 Å². The Hall–Kier alpha value is -2.25. The summed E-state index contributed by atoms with van der Waals surface area (Å²) in [7, 11) is -0.480. The van der Waals surface area contributed by atoms with Gasteiger partial charge in [-0.1, -0.05) is 11.6 Å². The average Bonchev–Trinajstić information content (AvgIpc) is 2.48. The van der Waals surface area contributed by atoms with Crippen LogP contribution in [0.15, 0.2) is 35.2 Å². The number of rotatable bonds is 5. The number of carbonyl (C=O) groups excluding carboxylic acids is 1. The summed E-state index contributed by atoms with van der Waals surface area (Å²) in [5.74, 6) is -1.43. The number of nitrogens with zero attached hydrogens (tertiary/aromatic N) is 1. The van der Waals surface area contributed by atoms with Gasteiger partial charge in [0.15, 0.2) is 0 Å². The van der Waals surface area contributed by atoms with E-state index in [9.17, 15) is 18.3 Å². The van der Waals surface area contributed by atoms with Gasteiger partial charge in [-0.15, -0.1) is 0 Å². The van der Waals surface area contributed by atoms with Crippen LogP contribution in [-0.2, 0) is 10.0 Å². The Morgan fingerprint density at radius 3 is 2.36 bits per heavy atom. The van der Waals surface area contributed by atoms with Gasteiger partial charge in [-0.2, -0.15) is 0 Å². The Morgan fingerprint density at radius 2 is 1.80 bits per heavy atom. The van der Waals surface area contributed by atoms with Crippen molar-refractivity contribution in [3.05, 3.63) is 52.0 Å². The number of nitrogens with one attached hydrogen (secondary N) is 1. The van der Waals surface area contributed by atoms with Crippen LogP contribution in [0.4, 0.5) is 11.4 Å². The molecule has 0 aliphatic carbocycles. The van der Waals surface area contributed by atoms with Crippen LogP contribution in [0.25, 0.3) is 0 Å². The first-order valence-electron chi connectivity index (χ1n) is 7.35. The van der Waals surface area contributed by atoms with Crippen molar-refractivity contribution < 1.29 is 18.3 Å². The molecule has 0 fully saturated rings. The number of carboxylic acid groups (broad SMARTS) is 1. The first kappa shape index (κ1) is 19.1. The minimum Gasteiger partial charge on any atom is -0.545 e. The highest BCUT2D eigenvalue weighted by molar-refractivity contribution is 7.92. The third-order valence-electron chi connectivity index (χ3n) is 3.83. The van der Waals surface area contributed by atoms with Crippen LogP contribution in [0.5, 0.6) is 0 Å². The molecule has 2 aromatic rings. The Bertz CT molecular complexity index is 940. The van der Waals surface area contributed by atoms with Gasteiger partial charge in [0.1, 0.15) is 0 Å². The number of hydrogen-bond donors (Lipinski definition) is 1. The monoisotopic (exact) mass is 381 g/mol. The van der Waals surface area contributed by atoms with E-state index in [1.165, 1.54) is 12.1 Å². The summed E-state index contributed by atoms with van der Waals surface area (Å²) in [5.41, 5.74) is 1.74. The van der Waals surface area contributed by atoms with Gasteiger partial charge in [-0.25, -0.2) is 8.42 Å². The van der Waals surface area contributed by atoms with Crippen molar-refractivity contribution in [3.8, 4) is 0 Å². The van der Waals surface area contributed by atoms with Crippen molar-refractivity contribution >= 4 is 39.0 Å². The zero-order chi connectivity index (χ0) is 18.9. The van der Waals surface area contributed by atoms with Crippen molar-refractivity contribution in [1.82, 2.24) is 0 Å². The van der Waals surface area contributed by atoms with Crippen molar-refractivity contribution in [1.29, 1.82) is 0 Å². The molecule has 1 N–H and O–H groups in total. The zero-order valence-corrected chi connectivity index (χ0v) is 15.8. The molecule has 0 unspecified atom stereocenters. The minimum absolute atomic E-state index is 0.114. The van der Waals surface area contributed by atoms with Crippen molar-refractivity contribution in [2.24, 2.45) is 0 Å². The van der Waals surface area contributed by atoms with Crippen LogP contribution in [0.2, 0.25) is 5.02 Å². The highest BCUT2D eigenvalue weighted by Gasteiger charge is 2.21. The molecule has 6 nitrogen and oxygen atoms in total. The number of hydrogen-bond acceptors (Lipinski definition) is 5. The number of aromatic carboxylic acids is 1. The van der Waals surface area contributed by atoms with Gasteiger partial charge in [0, 0.05) is 19.1 Å². The molecule has 2 rings (SSSR count). The van der Waals surface area contributed by atoms with E-state index in [1.807, 2.05) is 0 Å². The number of benzene rings is 2. The molecule has 0 atom stereocenters. The fraction of sp³-hybridized carbons (Fsp3) is 0.235. The number of carbonyl (C=O) groups is 1. The molecule has 0 radical (unpaired) electrons. The quantitative estimate of drug-likeness (QED) is 0.857. The lowest BCUT2D eigenvalue weighted by atomic mass is 10.1. The molecule has 0 aliphatic heterocycles. The predicted molar refractivity (Wildman–Crippen MR) is 96.8 cm³/mol. The lowest BCUT2D eigenvalue weighted by Gasteiger charge is -2.20. The molecule has 8 heteroatoms. The van der Waals surface area contributed by atoms with Gasteiger partial charge < -0.3 is 14.8 Å². The van der Waals surface area contributed by atoms with E-state index >= 15 is 0 Å². The SMILES string of the molecule is Cc1cc(C(=O)[O-])cc(S(=O)(=O)Nc2cc(Cl)ccc2N(C)C)c1C. The Balaban J connectivity index is 2.58. The van der Waals surface area contributed by atoms with Crippen LogP contribution in [0.1, 0.15) is 21.5 Å². The summed E-state index contributed by atoms with van der Waals surface area (Å²) in [6.07, 6.45) is 0. The van der Waals surface area contributed by atoms with Crippen LogP contribution >= 0.6 is 11.6 Å². The van der Waals surface area contributed by atoms with Gasteiger partial charge in [0.2, 0.25) is 0 Å². The fourth-order valence-corrected chi connectivity index (χ4v) is 3.98. The van der Waals surface area contributed by atoms with Crippen LogP contribution in [0.3, 0.4) is 0 Å². The van der Waals surface area contributed by atoms with Crippen LogP contribution in [-0.4, -0.2) is 28.5 Å². The first-order chi connectivity index (χ1) is 11.5. The molecule has 0 aromatic heterocycles. The van der Waals surface area contributed by atoms with E-state index in [0.29, 0.717) is 27.5 Å². The Labute approximate surface area is 152 Å². The molecule has 0 bridgehead atoms. The highest BCUT2D eigenvalue weighted by atomic mass is 35.5. The second-order valence-electron chi connectivity index (χ2n) is 5.87. The molecule has 0 heterocycles. The molecular formula is C17H18ClN2O4S-. The van der Waals surface area contributed by atoms with E-state index in [0.717, 1.165) is 6.07 Å². The molecular weight excluding hydrogens is 364 g/mol. The van der Waals surface area contributed by atoms with Crippen molar-refractivity contribution in [2.45, 2.75) is 18.7 Å². The Morgan fingerprint density at radius 1 is 1.16 bits per heavy atom. The number of aryl methyl sites for hydroxylation is 1. The second kappa shape index (κ2) is 6.93. The zero-order valence-electron chi connectivity index (χ0n) is 14.3. The van der Waals surface area contributed by atoms with E-state index in [-0.39, 0.29) is 10.5 Å². The summed E-state index contributed by atoms with van der Waals surface area (Å²) in [6, 6.07) is 7.32. The molecule has 0 aliphatic rings. The van der Waals surface area contributed by atoms with Gasteiger partial charge in [0.25, 0.3) is 10.0 Å². The average molecular weight is 382 g/mol. The first-order valence-corrected chi connectivity index (χ1v) is 9.21. The third kappa shape index (κ3) is 4.05. The molecule has 0 spiro atoms. The number of anilines is 2. The standard InChI is InChI=1S/C17H19ClN2O4S/c1-10-7-12(17(21)22)8-16(11(10)2)25(23,24)19-14-9-13(18)5-6-15(14)20(3)4/h5-9,19H,1-4H3,(H,21,22)/p-1. The van der Waals surface area contributed by atoms with E-state index in [2.05, 4.69) is 4.72 Å². The van der Waals surface area contributed by atoms with Crippen molar-refractivity contribution in [2.75, 3.05) is 23.7 Å². The minimum atomic E-state index is -4.02. The number of carboxylic acids is 1. The lowest BCUT2D eigenvalue weighted by Crippen LogP contribution is -2.24. The molecule has 25 heavy (non-hydrogen) atoms. The smallest absolute Gasteiger partial charge is 0.262 e. The molecule has 0 saturated heterocycles. The summed E-state index contributed by atoms with van der Waals surface area (Å²) in [5, 5.41) is 11.5. The normalized spacial score (nSPS) is 11.2. The molecule has 0 saturated carbocycles. The summed E-state index contributed by atoms with van der Waals surface area (Å²) in [4.78, 5) is 12.8. The molecule has 134 valence electrons. The lowest BCUT2D eigenvalue weighted by molar-refractivity contribution is -0.255. The van der Waals surface area contributed by atoms with Gasteiger partial charge >= 0.3 is 0 Å².